The molecule has 0 fully saturated rings. The van der Waals surface area contributed by atoms with Crippen LogP contribution in [0.4, 0.5) is 11.4 Å². The molecule has 0 saturated carbocycles. The van der Waals surface area contributed by atoms with Crippen molar-refractivity contribution < 1.29 is 14.7 Å². The van der Waals surface area contributed by atoms with Gasteiger partial charge in [0.05, 0.1) is 11.3 Å². The summed E-state index contributed by atoms with van der Waals surface area (Å²) in [5, 5.41) is 10.2. The van der Waals surface area contributed by atoms with Crippen LogP contribution in [0.5, 0.6) is 0 Å². The highest BCUT2D eigenvalue weighted by molar-refractivity contribution is 6.44. The predicted octanol–water partition coefficient (Wildman–Crippen LogP) is 3.38. The number of anilines is 2. The molecule has 0 saturated heterocycles. The van der Waals surface area contributed by atoms with Crippen molar-refractivity contribution in [3.05, 3.63) is 65.9 Å². The van der Waals surface area contributed by atoms with E-state index in [0.717, 1.165) is 23.7 Å². The second kappa shape index (κ2) is 6.81. The van der Waals surface area contributed by atoms with Gasteiger partial charge in [0.15, 0.2) is 5.76 Å². The van der Waals surface area contributed by atoms with Crippen LogP contribution in [0.3, 0.4) is 0 Å². The number of carbonyl (C=O) groups excluding carboxylic acids is 2. The van der Waals surface area contributed by atoms with Gasteiger partial charge in [-0.25, -0.2) is 4.90 Å². The van der Waals surface area contributed by atoms with E-state index in [0.29, 0.717) is 11.3 Å². The van der Waals surface area contributed by atoms with Crippen LogP contribution in [-0.2, 0) is 9.59 Å². The molecule has 2 aromatic carbocycles. The van der Waals surface area contributed by atoms with Gasteiger partial charge in [-0.2, -0.15) is 0 Å². The van der Waals surface area contributed by atoms with Crippen LogP contribution in [0.1, 0.15) is 19.4 Å². The zero-order valence-electron chi connectivity index (χ0n) is 14.3. The summed E-state index contributed by atoms with van der Waals surface area (Å²) in [6, 6.07) is 15.9. The minimum atomic E-state index is -0.695. The van der Waals surface area contributed by atoms with Gasteiger partial charge in [0.1, 0.15) is 0 Å². The third kappa shape index (κ3) is 2.89. The zero-order valence-corrected chi connectivity index (χ0v) is 14.3. The van der Waals surface area contributed by atoms with Gasteiger partial charge in [0.2, 0.25) is 0 Å². The highest BCUT2D eigenvalue weighted by Gasteiger charge is 2.40. The summed E-state index contributed by atoms with van der Waals surface area (Å²) < 4.78 is 0. The van der Waals surface area contributed by atoms with Crippen LogP contribution in [0, 0.1) is 0 Å². The van der Waals surface area contributed by atoms with E-state index >= 15 is 0 Å². The first-order valence-corrected chi connectivity index (χ1v) is 8.31. The standard InChI is InChI=1S/C20H20N2O3/c1-3-21(4-2)15-10-12-16(13-11-15)22-19(24)17(18(23)20(22)25)14-8-6-5-7-9-14/h5-13,23H,3-4H2,1-2H3. The highest BCUT2D eigenvalue weighted by Crippen LogP contribution is 2.32. The quantitative estimate of drug-likeness (QED) is 0.851. The molecule has 1 aliphatic heterocycles. The van der Waals surface area contributed by atoms with Gasteiger partial charge in [-0.3, -0.25) is 9.59 Å². The van der Waals surface area contributed by atoms with E-state index in [1.807, 2.05) is 18.2 Å². The molecule has 0 aliphatic carbocycles. The minimum absolute atomic E-state index is 0.0402. The third-order valence-corrected chi connectivity index (χ3v) is 4.36. The maximum absolute atomic E-state index is 12.7. The van der Waals surface area contributed by atoms with E-state index in [1.54, 1.807) is 36.4 Å². The Morgan fingerprint density at radius 2 is 1.48 bits per heavy atom. The molecule has 1 N–H and O–H groups in total. The molecule has 1 aliphatic rings. The van der Waals surface area contributed by atoms with Crippen LogP contribution in [0.15, 0.2) is 60.4 Å². The first-order chi connectivity index (χ1) is 12.1. The zero-order chi connectivity index (χ0) is 18.0. The third-order valence-electron chi connectivity index (χ3n) is 4.36. The largest absolute Gasteiger partial charge is 0.502 e. The average molecular weight is 336 g/mol. The maximum atomic E-state index is 12.7. The van der Waals surface area contributed by atoms with Crippen molar-refractivity contribution in [3.63, 3.8) is 0 Å². The number of hydrogen-bond donors (Lipinski definition) is 1. The molecule has 0 radical (unpaired) electrons. The fraction of sp³-hybridized carbons (Fsp3) is 0.200. The number of imide groups is 1. The molecule has 2 amide bonds. The number of amides is 2. The van der Waals surface area contributed by atoms with Crippen molar-refractivity contribution in [3.8, 4) is 0 Å². The molecule has 0 spiro atoms. The van der Waals surface area contributed by atoms with Crippen LogP contribution < -0.4 is 9.80 Å². The number of hydrogen-bond acceptors (Lipinski definition) is 4. The molecular formula is C20H20N2O3. The molecule has 1 heterocycles. The van der Waals surface area contributed by atoms with Crippen molar-refractivity contribution in [1.29, 1.82) is 0 Å². The van der Waals surface area contributed by atoms with Gasteiger partial charge in [-0.15, -0.1) is 0 Å². The van der Waals surface area contributed by atoms with Crippen LogP contribution in [0.25, 0.3) is 5.57 Å². The van der Waals surface area contributed by atoms with Gasteiger partial charge in [-0.05, 0) is 43.7 Å². The Morgan fingerprint density at radius 3 is 2.04 bits per heavy atom. The number of carbonyl (C=O) groups is 2. The van der Waals surface area contributed by atoms with Crippen molar-refractivity contribution in [2.45, 2.75) is 13.8 Å². The predicted molar refractivity (Wildman–Crippen MR) is 98.5 cm³/mol. The van der Waals surface area contributed by atoms with Gasteiger partial charge in [0.25, 0.3) is 5.91 Å². The molecule has 0 atom stereocenters. The van der Waals surface area contributed by atoms with Crippen LogP contribution >= 0.6 is 0 Å². The summed E-state index contributed by atoms with van der Waals surface area (Å²) in [5.41, 5.74) is 2.04. The smallest absolute Gasteiger partial charge is 0.301 e. The molecule has 5 heteroatoms. The van der Waals surface area contributed by atoms with E-state index in [1.165, 1.54) is 0 Å². The first kappa shape index (κ1) is 16.8. The molecular weight excluding hydrogens is 316 g/mol. The van der Waals surface area contributed by atoms with Gasteiger partial charge >= 0.3 is 5.91 Å². The lowest BCUT2D eigenvalue weighted by Gasteiger charge is -2.22. The second-order valence-electron chi connectivity index (χ2n) is 5.72. The average Bonchev–Trinajstić information content (AvgIpc) is 2.87. The molecule has 0 aromatic heterocycles. The lowest BCUT2D eigenvalue weighted by Crippen LogP contribution is -2.31. The lowest BCUT2D eigenvalue weighted by atomic mass is 10.1. The number of benzene rings is 2. The van der Waals surface area contributed by atoms with E-state index in [-0.39, 0.29) is 5.57 Å². The normalized spacial score (nSPS) is 14.4. The van der Waals surface area contributed by atoms with Crippen molar-refractivity contribution in [2.24, 2.45) is 0 Å². The van der Waals surface area contributed by atoms with E-state index < -0.39 is 17.6 Å². The number of aliphatic hydroxyl groups excluding tert-OH is 1. The topological polar surface area (TPSA) is 60.9 Å². The van der Waals surface area contributed by atoms with E-state index in [9.17, 15) is 14.7 Å². The van der Waals surface area contributed by atoms with Gasteiger partial charge in [-0.1, -0.05) is 30.3 Å². The van der Waals surface area contributed by atoms with Crippen molar-refractivity contribution in [1.82, 2.24) is 0 Å². The Balaban J connectivity index is 1.92. The molecule has 25 heavy (non-hydrogen) atoms. The minimum Gasteiger partial charge on any atom is -0.502 e. The Kier molecular flexibility index (Phi) is 4.57. The lowest BCUT2D eigenvalue weighted by molar-refractivity contribution is -0.121. The molecule has 0 unspecified atom stereocenters. The molecule has 0 bridgehead atoms. The summed E-state index contributed by atoms with van der Waals surface area (Å²) >= 11 is 0. The number of rotatable bonds is 5. The fourth-order valence-electron chi connectivity index (χ4n) is 3.02. The first-order valence-electron chi connectivity index (χ1n) is 8.31. The Bertz CT molecular complexity index is 822. The number of aliphatic hydroxyl groups is 1. The summed E-state index contributed by atoms with van der Waals surface area (Å²) in [6.07, 6.45) is 0. The SMILES string of the molecule is CCN(CC)c1ccc(N2C(=O)C(O)=C(c3ccccc3)C2=O)cc1. The highest BCUT2D eigenvalue weighted by atomic mass is 16.3. The Hall–Kier alpha value is -3.08. The Morgan fingerprint density at radius 1 is 0.880 bits per heavy atom. The van der Waals surface area contributed by atoms with Crippen molar-refractivity contribution >= 4 is 28.8 Å². The fourth-order valence-corrected chi connectivity index (χ4v) is 3.02. The molecule has 3 rings (SSSR count). The summed E-state index contributed by atoms with van der Waals surface area (Å²) in [7, 11) is 0. The van der Waals surface area contributed by atoms with Crippen molar-refractivity contribution in [2.75, 3.05) is 22.9 Å². The Labute approximate surface area is 146 Å². The maximum Gasteiger partial charge on any atom is 0.301 e. The van der Waals surface area contributed by atoms with Gasteiger partial charge < -0.3 is 10.0 Å². The van der Waals surface area contributed by atoms with Crippen LogP contribution in [-0.4, -0.2) is 30.0 Å². The van der Waals surface area contributed by atoms with E-state index in [2.05, 4.69) is 18.7 Å². The summed E-state index contributed by atoms with van der Waals surface area (Å²) in [5.74, 6) is -1.72. The molecule has 128 valence electrons. The summed E-state index contributed by atoms with van der Waals surface area (Å²) in [4.78, 5) is 28.3. The molecule has 5 nitrogen and oxygen atoms in total. The van der Waals surface area contributed by atoms with Crippen LogP contribution in [0.2, 0.25) is 0 Å². The van der Waals surface area contributed by atoms with Gasteiger partial charge in [0, 0.05) is 18.8 Å². The monoisotopic (exact) mass is 336 g/mol. The number of nitrogens with zero attached hydrogens (tertiary/aromatic N) is 2. The molecule has 2 aromatic rings. The second-order valence-corrected chi connectivity index (χ2v) is 5.72. The van der Waals surface area contributed by atoms with E-state index in [4.69, 9.17) is 0 Å². The summed E-state index contributed by atoms with van der Waals surface area (Å²) in [6.45, 7) is 5.88.